The minimum Gasteiger partial charge on any atom is -0.462 e. The van der Waals surface area contributed by atoms with E-state index in [1.165, 1.54) is 128 Å². The standard InChI is InChI=1S/C68H132O17P2/c1-9-60(7)46-38-30-22-17-18-24-34-42-50-67(72)84-63(54-78-65(70)48-40-32-23-16-14-12-11-13-15-20-28-36-44-58(3)4)56-82-86(74,75)80-52-62(69)53-81-87(76,77)83-57-64(85-68(73)51-43-35-27-26-31-39-47-61(8)10-2)55-79-66(71)49-41-33-25-19-21-29-37-45-59(5)6/h58-64,69H,9-57H2,1-8H3,(H,74,75)(H,76,77)/t60?,61?,62?,63-,64-/m1/s1. The molecule has 0 bridgehead atoms. The molecule has 87 heavy (non-hydrogen) atoms. The van der Waals surface area contributed by atoms with Crippen molar-refractivity contribution in [1.82, 2.24) is 0 Å². The zero-order valence-corrected chi connectivity index (χ0v) is 58.4. The quantitative estimate of drug-likeness (QED) is 0.0222. The molecule has 0 aromatic carbocycles. The van der Waals surface area contributed by atoms with Gasteiger partial charge in [0.1, 0.15) is 19.3 Å². The lowest BCUT2D eigenvalue weighted by Gasteiger charge is -2.21. The van der Waals surface area contributed by atoms with Gasteiger partial charge in [-0.05, 0) is 49.4 Å². The van der Waals surface area contributed by atoms with Crippen LogP contribution < -0.4 is 0 Å². The molecule has 0 aromatic heterocycles. The maximum absolute atomic E-state index is 13.0. The largest absolute Gasteiger partial charge is 0.472 e. The molecule has 0 spiro atoms. The van der Waals surface area contributed by atoms with Crippen LogP contribution in [0.5, 0.6) is 0 Å². The molecule has 17 nitrogen and oxygen atoms in total. The second-order valence-electron chi connectivity index (χ2n) is 26.0. The highest BCUT2D eigenvalue weighted by Crippen LogP contribution is 2.45. The van der Waals surface area contributed by atoms with Gasteiger partial charge in [-0.25, -0.2) is 9.13 Å². The lowest BCUT2D eigenvalue weighted by atomic mass is 9.99. The third kappa shape index (κ3) is 60.1. The fourth-order valence-corrected chi connectivity index (χ4v) is 11.7. The molecule has 0 aliphatic rings. The molecule has 0 aliphatic carbocycles. The van der Waals surface area contributed by atoms with Crippen LogP contribution in [-0.4, -0.2) is 96.7 Å². The van der Waals surface area contributed by atoms with E-state index < -0.39 is 97.5 Å². The number of ether oxygens (including phenoxy) is 4. The molecule has 0 radical (unpaired) electrons. The molecule has 5 unspecified atom stereocenters. The number of carbonyl (C=O) groups is 4. The summed E-state index contributed by atoms with van der Waals surface area (Å²) < 4.78 is 68.2. The number of unbranched alkanes of at least 4 members (excludes halogenated alkanes) is 29. The van der Waals surface area contributed by atoms with Gasteiger partial charge in [-0.1, -0.05) is 280 Å². The normalized spacial score (nSPS) is 15.0. The van der Waals surface area contributed by atoms with Crippen molar-refractivity contribution in [3.05, 3.63) is 0 Å². The first-order valence-electron chi connectivity index (χ1n) is 35.3. The van der Waals surface area contributed by atoms with Gasteiger partial charge in [0, 0.05) is 25.7 Å². The fraction of sp³-hybridized carbons (Fsp3) is 0.941. The third-order valence-electron chi connectivity index (χ3n) is 16.3. The number of phosphoric ester groups is 2. The Bertz CT molecular complexity index is 1730. The summed E-state index contributed by atoms with van der Waals surface area (Å²) in [6.45, 7) is 14.0. The van der Waals surface area contributed by atoms with Gasteiger partial charge in [0.25, 0.3) is 0 Å². The molecule has 0 rings (SSSR count). The molecule has 0 amide bonds. The van der Waals surface area contributed by atoms with E-state index >= 15 is 0 Å². The number of rotatable bonds is 65. The molecule has 0 aliphatic heterocycles. The first-order chi connectivity index (χ1) is 41.7. The monoisotopic (exact) mass is 1280 g/mol. The van der Waals surface area contributed by atoms with Crippen LogP contribution in [0.1, 0.15) is 331 Å². The van der Waals surface area contributed by atoms with E-state index in [2.05, 4.69) is 55.4 Å². The topological polar surface area (TPSA) is 237 Å². The number of carbonyl (C=O) groups excluding carboxylic acids is 4. The maximum atomic E-state index is 13.0. The molecule has 0 fully saturated rings. The Morgan fingerprint density at radius 3 is 0.816 bits per heavy atom. The second kappa shape index (κ2) is 57.9. The molecular formula is C68H132O17P2. The highest BCUT2D eigenvalue weighted by molar-refractivity contribution is 7.47. The van der Waals surface area contributed by atoms with Crippen LogP contribution in [0.4, 0.5) is 0 Å². The van der Waals surface area contributed by atoms with Crippen molar-refractivity contribution in [1.29, 1.82) is 0 Å². The van der Waals surface area contributed by atoms with Crippen LogP contribution >= 0.6 is 15.6 Å². The first kappa shape index (κ1) is 85.1. The van der Waals surface area contributed by atoms with E-state index in [0.29, 0.717) is 31.6 Å². The molecule has 0 saturated carbocycles. The van der Waals surface area contributed by atoms with Crippen molar-refractivity contribution in [3.8, 4) is 0 Å². The summed E-state index contributed by atoms with van der Waals surface area (Å²) in [4.78, 5) is 72.4. The molecular weight excluding hydrogens is 1150 g/mol. The van der Waals surface area contributed by atoms with E-state index in [0.717, 1.165) is 114 Å². The van der Waals surface area contributed by atoms with Crippen molar-refractivity contribution in [2.45, 2.75) is 350 Å². The van der Waals surface area contributed by atoms with Crippen LogP contribution in [0.15, 0.2) is 0 Å². The van der Waals surface area contributed by atoms with Crippen molar-refractivity contribution in [2.24, 2.45) is 23.7 Å². The predicted molar refractivity (Wildman–Crippen MR) is 349 cm³/mol. The molecule has 516 valence electrons. The van der Waals surface area contributed by atoms with Gasteiger partial charge in [0.05, 0.1) is 26.4 Å². The minimum absolute atomic E-state index is 0.102. The van der Waals surface area contributed by atoms with E-state index in [1.54, 1.807) is 0 Å². The Kier molecular flexibility index (Phi) is 56.6. The zero-order valence-electron chi connectivity index (χ0n) is 56.6. The summed E-state index contributed by atoms with van der Waals surface area (Å²) in [5.41, 5.74) is 0. The summed E-state index contributed by atoms with van der Waals surface area (Å²) in [5, 5.41) is 10.6. The van der Waals surface area contributed by atoms with Crippen LogP contribution in [0.2, 0.25) is 0 Å². The van der Waals surface area contributed by atoms with Crippen molar-refractivity contribution in [2.75, 3.05) is 39.6 Å². The lowest BCUT2D eigenvalue weighted by molar-refractivity contribution is -0.161. The molecule has 3 N–H and O–H groups in total. The zero-order chi connectivity index (χ0) is 64.7. The number of aliphatic hydroxyl groups is 1. The highest BCUT2D eigenvalue weighted by Gasteiger charge is 2.30. The summed E-state index contributed by atoms with van der Waals surface area (Å²) >= 11 is 0. The van der Waals surface area contributed by atoms with Gasteiger partial charge in [0.15, 0.2) is 12.2 Å². The summed E-state index contributed by atoms with van der Waals surface area (Å²) in [5.74, 6) is 0.840. The molecule has 0 aromatic rings. The Morgan fingerprint density at radius 2 is 0.552 bits per heavy atom. The van der Waals surface area contributed by atoms with E-state index in [1.807, 2.05) is 0 Å². The van der Waals surface area contributed by atoms with Gasteiger partial charge in [-0.2, -0.15) is 0 Å². The Balaban J connectivity index is 5.25. The van der Waals surface area contributed by atoms with E-state index in [9.17, 15) is 43.2 Å². The summed E-state index contributed by atoms with van der Waals surface area (Å²) in [6, 6.07) is 0. The molecule has 7 atom stereocenters. The van der Waals surface area contributed by atoms with Crippen molar-refractivity contribution < 1.29 is 80.2 Å². The van der Waals surface area contributed by atoms with Gasteiger partial charge >= 0.3 is 39.5 Å². The number of esters is 4. The summed E-state index contributed by atoms with van der Waals surface area (Å²) in [7, 11) is -9.90. The first-order valence-corrected chi connectivity index (χ1v) is 38.3. The lowest BCUT2D eigenvalue weighted by Crippen LogP contribution is -2.30. The summed E-state index contributed by atoms with van der Waals surface area (Å²) in [6.07, 6.45) is 39.0. The van der Waals surface area contributed by atoms with Crippen molar-refractivity contribution >= 4 is 39.5 Å². The van der Waals surface area contributed by atoms with Crippen LogP contribution in [0, 0.1) is 23.7 Å². The van der Waals surface area contributed by atoms with Crippen LogP contribution in [-0.2, 0) is 65.4 Å². The van der Waals surface area contributed by atoms with E-state index in [4.69, 9.17) is 37.0 Å². The maximum Gasteiger partial charge on any atom is 0.472 e. The average molecular weight is 1280 g/mol. The number of hydrogen-bond donors (Lipinski definition) is 3. The molecule has 19 heteroatoms. The second-order valence-corrected chi connectivity index (χ2v) is 28.9. The van der Waals surface area contributed by atoms with Gasteiger partial charge in [-0.15, -0.1) is 0 Å². The highest BCUT2D eigenvalue weighted by atomic mass is 31.2. The minimum atomic E-state index is -4.95. The van der Waals surface area contributed by atoms with E-state index in [-0.39, 0.29) is 25.7 Å². The Hall–Kier alpha value is -1.94. The fourth-order valence-electron chi connectivity index (χ4n) is 10.1. The number of hydrogen-bond acceptors (Lipinski definition) is 15. The SMILES string of the molecule is CCC(C)CCCCCCCCCCC(=O)O[C@H](COC(=O)CCCCCCCCCCCCCCC(C)C)COP(=O)(O)OCC(O)COP(=O)(O)OC[C@@H](COC(=O)CCCCCCCCCC(C)C)OC(=O)CCCCCCCCC(C)CC. The van der Waals surface area contributed by atoms with Gasteiger partial charge in [0.2, 0.25) is 0 Å². The molecule has 0 saturated heterocycles. The Labute approximate surface area is 530 Å². The average Bonchev–Trinajstić information content (AvgIpc) is 3.59. The van der Waals surface area contributed by atoms with Crippen LogP contribution in [0.3, 0.4) is 0 Å². The van der Waals surface area contributed by atoms with Gasteiger partial charge < -0.3 is 33.8 Å². The predicted octanol–water partition coefficient (Wildman–Crippen LogP) is 18.9. The van der Waals surface area contributed by atoms with Crippen molar-refractivity contribution in [3.63, 3.8) is 0 Å². The van der Waals surface area contributed by atoms with Gasteiger partial charge in [-0.3, -0.25) is 37.3 Å². The third-order valence-corrected chi connectivity index (χ3v) is 18.2. The van der Waals surface area contributed by atoms with Crippen LogP contribution in [0.25, 0.3) is 0 Å². The number of aliphatic hydroxyl groups excluding tert-OH is 1. The smallest absolute Gasteiger partial charge is 0.462 e. The molecule has 0 heterocycles. The Morgan fingerprint density at radius 1 is 0.322 bits per heavy atom. The number of phosphoric acid groups is 2.